The number of nitrogens with zero attached hydrogens (tertiary/aromatic N) is 1. The number of thiocarbonyl (C=S) groups is 1. The maximum absolute atomic E-state index is 12.1. The van der Waals surface area contributed by atoms with Crippen molar-refractivity contribution in [2.45, 2.75) is 13.3 Å². The number of nitrogens with two attached hydrogens (primary N) is 1. The number of likely N-dealkylation sites (N-methyl/N-ethyl adjacent to an activating group) is 1. The molecule has 0 fully saturated rings. The predicted molar refractivity (Wildman–Crippen MR) is 86.9 cm³/mol. The molecule has 21 heavy (non-hydrogen) atoms. The van der Waals surface area contributed by atoms with Crippen molar-refractivity contribution >= 4 is 29.0 Å². The van der Waals surface area contributed by atoms with Crippen molar-refractivity contribution in [2.24, 2.45) is 11.7 Å². The number of carbonyl (C=O) groups is 2. The second kappa shape index (κ2) is 7.73. The molecule has 0 spiro atoms. The molecular formula is C15H21N3O2S. The number of hydrogen-bond acceptors (Lipinski definition) is 3. The molecule has 1 rings (SSSR count). The SMILES string of the molecule is CNC(=O)C(C)CN(C)C(=O)Cc1ccc(C(N)=S)cc1. The molecule has 0 saturated carbocycles. The number of hydrogen-bond donors (Lipinski definition) is 2. The predicted octanol–water partition coefficient (Wildman–Crippen LogP) is 0.704. The maximum atomic E-state index is 12.1. The highest BCUT2D eigenvalue weighted by Crippen LogP contribution is 2.07. The van der Waals surface area contributed by atoms with E-state index >= 15 is 0 Å². The molecule has 5 nitrogen and oxygen atoms in total. The summed E-state index contributed by atoms with van der Waals surface area (Å²) < 4.78 is 0. The maximum Gasteiger partial charge on any atom is 0.226 e. The lowest BCUT2D eigenvalue weighted by atomic mass is 10.1. The fourth-order valence-electron chi connectivity index (χ4n) is 1.94. The molecule has 6 heteroatoms. The summed E-state index contributed by atoms with van der Waals surface area (Å²) in [5, 5.41) is 2.57. The van der Waals surface area contributed by atoms with E-state index in [2.05, 4.69) is 5.32 Å². The number of nitrogens with one attached hydrogen (secondary N) is 1. The van der Waals surface area contributed by atoms with Gasteiger partial charge >= 0.3 is 0 Å². The average Bonchev–Trinajstić information content (AvgIpc) is 2.46. The van der Waals surface area contributed by atoms with Crippen LogP contribution in [-0.2, 0) is 16.0 Å². The molecule has 0 aliphatic heterocycles. The van der Waals surface area contributed by atoms with E-state index < -0.39 is 0 Å². The molecule has 0 bridgehead atoms. The lowest BCUT2D eigenvalue weighted by Gasteiger charge is -2.20. The van der Waals surface area contributed by atoms with Crippen LogP contribution >= 0.6 is 12.2 Å². The van der Waals surface area contributed by atoms with Crippen LogP contribution in [0.5, 0.6) is 0 Å². The summed E-state index contributed by atoms with van der Waals surface area (Å²) in [4.78, 5) is 25.5. The topological polar surface area (TPSA) is 75.4 Å². The van der Waals surface area contributed by atoms with Gasteiger partial charge in [-0.2, -0.15) is 0 Å². The third-order valence-electron chi connectivity index (χ3n) is 3.26. The lowest BCUT2D eigenvalue weighted by molar-refractivity contribution is -0.131. The fourth-order valence-corrected chi connectivity index (χ4v) is 2.07. The standard InChI is InChI=1S/C15H21N3O2S/c1-10(15(20)17-2)9-18(3)13(19)8-11-4-6-12(7-5-11)14(16)21/h4-7,10H,8-9H2,1-3H3,(H2,16,21)(H,17,20). The van der Waals surface area contributed by atoms with E-state index in [1.807, 2.05) is 12.1 Å². The molecule has 2 amide bonds. The van der Waals surface area contributed by atoms with Crippen LogP contribution in [0.3, 0.4) is 0 Å². The van der Waals surface area contributed by atoms with Crippen molar-refractivity contribution in [3.8, 4) is 0 Å². The van der Waals surface area contributed by atoms with Gasteiger partial charge in [-0.05, 0) is 5.56 Å². The van der Waals surface area contributed by atoms with E-state index in [0.29, 0.717) is 11.5 Å². The minimum absolute atomic E-state index is 0.0335. The van der Waals surface area contributed by atoms with Crippen molar-refractivity contribution in [1.29, 1.82) is 0 Å². The smallest absolute Gasteiger partial charge is 0.226 e. The summed E-state index contributed by atoms with van der Waals surface area (Å²) in [5.74, 6) is -0.342. The summed E-state index contributed by atoms with van der Waals surface area (Å²) in [6, 6.07) is 7.28. The minimum Gasteiger partial charge on any atom is -0.389 e. The Morgan fingerprint density at radius 1 is 1.33 bits per heavy atom. The summed E-state index contributed by atoms with van der Waals surface area (Å²) in [5.41, 5.74) is 7.20. The van der Waals surface area contributed by atoms with Crippen LogP contribution in [0.4, 0.5) is 0 Å². The van der Waals surface area contributed by atoms with Gasteiger partial charge in [0.1, 0.15) is 4.99 Å². The van der Waals surface area contributed by atoms with Gasteiger partial charge in [-0.25, -0.2) is 0 Å². The Kier molecular flexibility index (Phi) is 6.30. The molecule has 114 valence electrons. The first-order chi connectivity index (χ1) is 9.85. The second-order valence-corrected chi connectivity index (χ2v) is 5.47. The van der Waals surface area contributed by atoms with Gasteiger partial charge in [0.05, 0.1) is 12.3 Å². The van der Waals surface area contributed by atoms with Crippen LogP contribution in [0.15, 0.2) is 24.3 Å². The third-order valence-corrected chi connectivity index (χ3v) is 3.50. The average molecular weight is 307 g/mol. The highest BCUT2D eigenvalue weighted by atomic mass is 32.1. The van der Waals surface area contributed by atoms with E-state index in [4.69, 9.17) is 18.0 Å². The van der Waals surface area contributed by atoms with Crippen molar-refractivity contribution in [2.75, 3.05) is 20.6 Å². The van der Waals surface area contributed by atoms with E-state index in [0.717, 1.165) is 11.1 Å². The first kappa shape index (κ1) is 17.1. The van der Waals surface area contributed by atoms with Gasteiger partial charge < -0.3 is 16.0 Å². The van der Waals surface area contributed by atoms with Crippen LogP contribution in [0.2, 0.25) is 0 Å². The number of rotatable bonds is 6. The van der Waals surface area contributed by atoms with Gasteiger partial charge in [-0.1, -0.05) is 43.4 Å². The first-order valence-electron chi connectivity index (χ1n) is 6.69. The Balaban J connectivity index is 2.59. The van der Waals surface area contributed by atoms with Crippen molar-refractivity contribution in [1.82, 2.24) is 10.2 Å². The van der Waals surface area contributed by atoms with Crippen LogP contribution in [0.1, 0.15) is 18.1 Å². The minimum atomic E-state index is -0.235. The van der Waals surface area contributed by atoms with Crippen LogP contribution < -0.4 is 11.1 Å². The lowest BCUT2D eigenvalue weighted by Crippen LogP contribution is -2.38. The number of benzene rings is 1. The Morgan fingerprint density at radius 3 is 2.38 bits per heavy atom. The van der Waals surface area contributed by atoms with Gasteiger partial charge in [0.15, 0.2) is 0 Å². The Morgan fingerprint density at radius 2 is 1.90 bits per heavy atom. The highest BCUT2D eigenvalue weighted by molar-refractivity contribution is 7.80. The van der Waals surface area contributed by atoms with Crippen LogP contribution in [0, 0.1) is 5.92 Å². The second-order valence-electron chi connectivity index (χ2n) is 5.03. The normalized spacial score (nSPS) is 11.6. The van der Waals surface area contributed by atoms with Gasteiger partial charge in [0.25, 0.3) is 0 Å². The molecule has 0 aromatic heterocycles. The zero-order valence-electron chi connectivity index (χ0n) is 12.6. The molecule has 3 N–H and O–H groups in total. The van der Waals surface area contributed by atoms with Crippen molar-refractivity contribution in [3.05, 3.63) is 35.4 Å². The number of amides is 2. The molecule has 0 aliphatic rings. The highest BCUT2D eigenvalue weighted by Gasteiger charge is 2.17. The molecular weight excluding hydrogens is 286 g/mol. The summed E-state index contributed by atoms with van der Waals surface area (Å²) >= 11 is 4.88. The van der Waals surface area contributed by atoms with Crippen molar-refractivity contribution < 1.29 is 9.59 Å². The van der Waals surface area contributed by atoms with Gasteiger partial charge in [0.2, 0.25) is 11.8 Å². The van der Waals surface area contributed by atoms with E-state index in [9.17, 15) is 9.59 Å². The molecule has 1 unspecified atom stereocenters. The summed E-state index contributed by atoms with van der Waals surface area (Å²) in [6.45, 7) is 2.18. The molecule has 0 aliphatic carbocycles. The zero-order chi connectivity index (χ0) is 16.0. The Bertz CT molecular complexity index is 528. The summed E-state index contributed by atoms with van der Waals surface area (Å²) in [6.07, 6.45) is 0.286. The fraction of sp³-hybridized carbons (Fsp3) is 0.400. The summed E-state index contributed by atoms with van der Waals surface area (Å²) in [7, 11) is 3.29. The molecule has 1 aromatic rings. The van der Waals surface area contributed by atoms with E-state index in [1.54, 1.807) is 38.1 Å². The van der Waals surface area contributed by atoms with E-state index in [-0.39, 0.29) is 24.2 Å². The number of carbonyl (C=O) groups excluding carboxylic acids is 2. The molecule has 1 atom stereocenters. The molecule has 0 heterocycles. The van der Waals surface area contributed by atoms with Gasteiger partial charge in [0, 0.05) is 26.2 Å². The van der Waals surface area contributed by atoms with E-state index in [1.165, 1.54) is 0 Å². The van der Waals surface area contributed by atoms with Crippen molar-refractivity contribution in [3.63, 3.8) is 0 Å². The molecule has 0 saturated heterocycles. The largest absolute Gasteiger partial charge is 0.389 e. The third kappa shape index (κ3) is 5.15. The van der Waals surface area contributed by atoms with Gasteiger partial charge in [-0.3, -0.25) is 9.59 Å². The Labute approximate surface area is 130 Å². The quantitative estimate of drug-likeness (QED) is 0.759. The first-order valence-corrected chi connectivity index (χ1v) is 7.10. The zero-order valence-corrected chi connectivity index (χ0v) is 13.4. The monoisotopic (exact) mass is 307 g/mol. The van der Waals surface area contributed by atoms with Gasteiger partial charge in [-0.15, -0.1) is 0 Å². The molecule has 0 radical (unpaired) electrons. The van der Waals surface area contributed by atoms with Crippen LogP contribution in [0.25, 0.3) is 0 Å². The van der Waals surface area contributed by atoms with Crippen LogP contribution in [-0.4, -0.2) is 42.3 Å². The Hall–Kier alpha value is -1.95. The molecule has 1 aromatic carbocycles.